The number of hydrogen-bond acceptors (Lipinski definition) is 5. The van der Waals surface area contributed by atoms with E-state index < -0.39 is 0 Å². The second kappa shape index (κ2) is 7.81. The quantitative estimate of drug-likeness (QED) is 0.888. The minimum absolute atomic E-state index is 0.816. The summed E-state index contributed by atoms with van der Waals surface area (Å²) in [5, 5.41) is 3.39. The van der Waals surface area contributed by atoms with Gasteiger partial charge in [-0.15, -0.1) is 0 Å². The molecular formula is C18H24N4O. The molecule has 0 saturated carbocycles. The Labute approximate surface area is 137 Å². The Morgan fingerprint density at radius 2 is 1.96 bits per heavy atom. The third kappa shape index (κ3) is 4.12. The van der Waals surface area contributed by atoms with E-state index in [9.17, 15) is 0 Å². The van der Waals surface area contributed by atoms with Crippen LogP contribution in [0.3, 0.4) is 0 Å². The van der Waals surface area contributed by atoms with E-state index in [1.165, 1.54) is 24.8 Å². The maximum Gasteiger partial charge on any atom is 0.134 e. The fraction of sp³-hybridized carbons (Fsp3) is 0.444. The molecule has 1 aliphatic rings. The average Bonchev–Trinajstić information content (AvgIpc) is 2.63. The summed E-state index contributed by atoms with van der Waals surface area (Å²) < 4.78 is 5.39. The Balaban J connectivity index is 1.58. The molecule has 2 aromatic rings. The molecule has 0 spiro atoms. The van der Waals surface area contributed by atoms with Crippen LogP contribution in [0.4, 0.5) is 11.6 Å². The topological polar surface area (TPSA) is 50.3 Å². The lowest BCUT2D eigenvalue weighted by Crippen LogP contribution is -2.30. The molecule has 1 aromatic carbocycles. The van der Waals surface area contributed by atoms with Gasteiger partial charge in [-0.1, -0.05) is 18.2 Å². The van der Waals surface area contributed by atoms with Gasteiger partial charge in [0.25, 0.3) is 0 Å². The van der Waals surface area contributed by atoms with Gasteiger partial charge in [0.2, 0.25) is 0 Å². The Kier molecular flexibility index (Phi) is 5.29. The number of nitrogens with zero attached hydrogens (tertiary/aromatic N) is 3. The molecule has 3 rings (SSSR count). The van der Waals surface area contributed by atoms with E-state index >= 15 is 0 Å². The van der Waals surface area contributed by atoms with Crippen LogP contribution in [0.25, 0.3) is 0 Å². The molecule has 2 heterocycles. The molecule has 1 aromatic heterocycles. The van der Waals surface area contributed by atoms with Gasteiger partial charge in [0.1, 0.15) is 23.7 Å². The molecule has 5 nitrogen and oxygen atoms in total. The fourth-order valence-corrected chi connectivity index (χ4v) is 2.97. The largest absolute Gasteiger partial charge is 0.496 e. The molecule has 0 bridgehead atoms. The zero-order valence-electron chi connectivity index (χ0n) is 13.7. The maximum atomic E-state index is 5.39. The summed E-state index contributed by atoms with van der Waals surface area (Å²) in [6.07, 6.45) is 6.37. The first kappa shape index (κ1) is 15.6. The zero-order valence-corrected chi connectivity index (χ0v) is 13.7. The highest BCUT2D eigenvalue weighted by molar-refractivity contribution is 5.48. The summed E-state index contributed by atoms with van der Waals surface area (Å²) >= 11 is 0. The second-order valence-corrected chi connectivity index (χ2v) is 5.80. The Morgan fingerprint density at radius 3 is 2.78 bits per heavy atom. The smallest absolute Gasteiger partial charge is 0.134 e. The van der Waals surface area contributed by atoms with Crippen molar-refractivity contribution < 1.29 is 4.74 Å². The number of hydrogen-bond donors (Lipinski definition) is 1. The lowest BCUT2D eigenvalue weighted by atomic mass is 10.1. The van der Waals surface area contributed by atoms with Crippen molar-refractivity contribution in [1.82, 2.24) is 9.97 Å². The van der Waals surface area contributed by atoms with Gasteiger partial charge >= 0.3 is 0 Å². The summed E-state index contributed by atoms with van der Waals surface area (Å²) in [4.78, 5) is 11.1. The molecule has 0 amide bonds. The summed E-state index contributed by atoms with van der Waals surface area (Å²) in [7, 11) is 1.71. The third-order valence-corrected chi connectivity index (χ3v) is 4.23. The second-order valence-electron chi connectivity index (χ2n) is 5.80. The number of para-hydroxylation sites is 1. The highest BCUT2D eigenvalue weighted by Crippen LogP contribution is 2.20. The van der Waals surface area contributed by atoms with E-state index in [1.54, 1.807) is 13.4 Å². The van der Waals surface area contributed by atoms with Crippen molar-refractivity contribution in [2.24, 2.45) is 0 Å². The lowest BCUT2D eigenvalue weighted by Gasteiger charge is -2.27. The molecule has 0 atom stereocenters. The summed E-state index contributed by atoms with van der Waals surface area (Å²) in [6, 6.07) is 10.2. The van der Waals surface area contributed by atoms with Crippen molar-refractivity contribution in [3.05, 3.63) is 42.2 Å². The molecule has 1 N–H and O–H groups in total. The first-order chi connectivity index (χ1) is 11.4. The van der Waals surface area contributed by atoms with Crippen molar-refractivity contribution in [2.45, 2.75) is 25.7 Å². The SMILES string of the molecule is COc1ccccc1CCNc1cc(N2CCCCC2)ncn1. The van der Waals surface area contributed by atoms with Gasteiger partial charge in [-0.25, -0.2) is 9.97 Å². The lowest BCUT2D eigenvalue weighted by molar-refractivity contribution is 0.410. The van der Waals surface area contributed by atoms with Crippen LogP contribution in [-0.2, 0) is 6.42 Å². The van der Waals surface area contributed by atoms with E-state index in [4.69, 9.17) is 4.74 Å². The highest BCUT2D eigenvalue weighted by Gasteiger charge is 2.12. The van der Waals surface area contributed by atoms with E-state index in [-0.39, 0.29) is 0 Å². The van der Waals surface area contributed by atoms with Crippen LogP contribution in [-0.4, -0.2) is 36.7 Å². The van der Waals surface area contributed by atoms with Crippen LogP contribution in [0.15, 0.2) is 36.7 Å². The van der Waals surface area contributed by atoms with Crippen LogP contribution in [0.5, 0.6) is 5.75 Å². The normalized spacial score (nSPS) is 14.6. The van der Waals surface area contributed by atoms with Gasteiger partial charge in [0.05, 0.1) is 7.11 Å². The molecule has 0 aliphatic carbocycles. The number of benzene rings is 1. The third-order valence-electron chi connectivity index (χ3n) is 4.23. The molecule has 23 heavy (non-hydrogen) atoms. The molecular weight excluding hydrogens is 288 g/mol. The average molecular weight is 312 g/mol. The standard InChI is InChI=1S/C18H24N4O/c1-23-16-8-4-3-7-15(16)9-10-19-17-13-18(21-14-20-17)22-11-5-2-6-12-22/h3-4,7-8,13-14H,2,5-6,9-12H2,1H3,(H,19,20,21). The number of rotatable bonds is 6. The summed E-state index contributed by atoms with van der Waals surface area (Å²) in [5.74, 6) is 2.85. The van der Waals surface area contributed by atoms with Gasteiger partial charge in [-0.2, -0.15) is 0 Å². The number of methoxy groups -OCH3 is 1. The highest BCUT2D eigenvalue weighted by atomic mass is 16.5. The van der Waals surface area contributed by atoms with Crippen LogP contribution in [0.2, 0.25) is 0 Å². The minimum atomic E-state index is 0.816. The van der Waals surface area contributed by atoms with E-state index in [2.05, 4.69) is 26.3 Å². The van der Waals surface area contributed by atoms with Crippen molar-refractivity contribution >= 4 is 11.6 Å². The molecule has 1 fully saturated rings. The van der Waals surface area contributed by atoms with E-state index in [0.717, 1.165) is 43.4 Å². The summed E-state index contributed by atoms with van der Waals surface area (Å²) in [5.41, 5.74) is 1.20. The molecule has 0 radical (unpaired) electrons. The van der Waals surface area contributed by atoms with Crippen LogP contribution < -0.4 is 15.0 Å². The number of piperidine rings is 1. The number of aromatic nitrogens is 2. The minimum Gasteiger partial charge on any atom is -0.496 e. The molecule has 5 heteroatoms. The predicted octanol–water partition coefficient (Wildman–Crippen LogP) is 3.13. The Bertz CT molecular complexity index is 626. The number of nitrogens with one attached hydrogen (secondary N) is 1. The van der Waals surface area contributed by atoms with E-state index in [0.29, 0.717) is 0 Å². The number of anilines is 2. The monoisotopic (exact) mass is 312 g/mol. The maximum absolute atomic E-state index is 5.39. The fourth-order valence-electron chi connectivity index (χ4n) is 2.97. The Hall–Kier alpha value is -2.30. The zero-order chi connectivity index (χ0) is 15.9. The summed E-state index contributed by atoms with van der Waals surface area (Å²) in [6.45, 7) is 3.01. The van der Waals surface area contributed by atoms with Gasteiger partial charge in [0, 0.05) is 25.7 Å². The van der Waals surface area contributed by atoms with Crippen molar-refractivity contribution in [3.63, 3.8) is 0 Å². The van der Waals surface area contributed by atoms with Crippen LogP contribution >= 0.6 is 0 Å². The van der Waals surface area contributed by atoms with Crippen LogP contribution in [0.1, 0.15) is 24.8 Å². The molecule has 0 unspecified atom stereocenters. The van der Waals surface area contributed by atoms with Gasteiger partial charge in [-0.05, 0) is 37.3 Å². The molecule has 1 aliphatic heterocycles. The van der Waals surface area contributed by atoms with Gasteiger partial charge in [-0.3, -0.25) is 0 Å². The van der Waals surface area contributed by atoms with Crippen molar-refractivity contribution in [2.75, 3.05) is 37.0 Å². The molecule has 1 saturated heterocycles. The van der Waals surface area contributed by atoms with Gasteiger partial charge < -0.3 is 15.0 Å². The van der Waals surface area contributed by atoms with Crippen LogP contribution in [0, 0.1) is 0 Å². The number of ether oxygens (including phenoxy) is 1. The van der Waals surface area contributed by atoms with Crippen molar-refractivity contribution in [1.29, 1.82) is 0 Å². The Morgan fingerprint density at radius 1 is 1.13 bits per heavy atom. The van der Waals surface area contributed by atoms with E-state index in [1.807, 2.05) is 24.3 Å². The van der Waals surface area contributed by atoms with Crippen molar-refractivity contribution in [3.8, 4) is 5.75 Å². The predicted molar refractivity (Wildman–Crippen MR) is 93.3 cm³/mol. The first-order valence-corrected chi connectivity index (χ1v) is 8.29. The molecule has 122 valence electrons. The van der Waals surface area contributed by atoms with Gasteiger partial charge in [0.15, 0.2) is 0 Å². The first-order valence-electron chi connectivity index (χ1n) is 8.29.